The zero-order valence-electron chi connectivity index (χ0n) is 10.5. The van der Waals surface area contributed by atoms with E-state index in [0.29, 0.717) is 17.9 Å². The molecule has 1 atom stereocenters. The number of alkyl halides is 3. The lowest BCUT2D eigenvalue weighted by Gasteiger charge is -2.11. The predicted octanol–water partition coefficient (Wildman–Crippen LogP) is 2.58. The van der Waals surface area contributed by atoms with Crippen molar-refractivity contribution in [3.05, 3.63) is 41.5 Å². The van der Waals surface area contributed by atoms with Crippen LogP contribution in [0, 0.1) is 0 Å². The monoisotopic (exact) mass is 287 g/mol. The topological polar surface area (TPSA) is 74.2 Å². The summed E-state index contributed by atoms with van der Waals surface area (Å²) in [6, 6.07) is 4.55. The first-order valence-electron chi connectivity index (χ1n) is 5.83. The van der Waals surface area contributed by atoms with Crippen LogP contribution in [-0.4, -0.2) is 16.5 Å². The Kier molecular flexibility index (Phi) is 3.93. The number of nitrogens with two attached hydrogens (primary N) is 1. The number of hydrogen-bond acceptors (Lipinski definition) is 5. The molecule has 0 saturated heterocycles. The summed E-state index contributed by atoms with van der Waals surface area (Å²) in [5, 5.41) is 3.72. The predicted molar refractivity (Wildman–Crippen MR) is 62.8 cm³/mol. The number of nitrogens with zero attached hydrogens (tertiary/aromatic N) is 2. The van der Waals surface area contributed by atoms with E-state index in [0.717, 1.165) is 0 Å². The maximum Gasteiger partial charge on any atom is 0.573 e. The van der Waals surface area contributed by atoms with Crippen LogP contribution in [0.1, 0.15) is 30.2 Å². The van der Waals surface area contributed by atoms with Gasteiger partial charge in [0.15, 0.2) is 5.82 Å². The molecule has 0 bridgehead atoms. The van der Waals surface area contributed by atoms with Crippen LogP contribution in [0.5, 0.6) is 5.75 Å². The highest BCUT2D eigenvalue weighted by Gasteiger charge is 2.31. The first kappa shape index (κ1) is 14.3. The van der Waals surface area contributed by atoms with Crippen molar-refractivity contribution in [3.63, 3.8) is 0 Å². The van der Waals surface area contributed by atoms with Crippen LogP contribution in [-0.2, 0) is 6.42 Å². The second-order valence-corrected chi connectivity index (χ2v) is 3.99. The van der Waals surface area contributed by atoms with Crippen molar-refractivity contribution in [2.24, 2.45) is 5.73 Å². The third-order valence-electron chi connectivity index (χ3n) is 2.54. The fourth-order valence-electron chi connectivity index (χ4n) is 1.56. The molecule has 2 rings (SSSR count). The Morgan fingerprint density at radius 2 is 1.95 bits per heavy atom. The number of halogens is 3. The molecule has 108 valence electrons. The molecule has 0 saturated carbocycles. The van der Waals surface area contributed by atoms with E-state index >= 15 is 0 Å². The Labute approximate surface area is 112 Å². The SMILES string of the molecule is CCc1nc(C(N)c2ccc(OC(F)(F)F)cc2)no1. The number of rotatable bonds is 4. The summed E-state index contributed by atoms with van der Waals surface area (Å²) < 4.78 is 44.8. The van der Waals surface area contributed by atoms with Gasteiger partial charge in [-0.1, -0.05) is 24.2 Å². The van der Waals surface area contributed by atoms with Crippen LogP contribution >= 0.6 is 0 Å². The zero-order chi connectivity index (χ0) is 14.8. The van der Waals surface area contributed by atoms with E-state index in [1.54, 1.807) is 0 Å². The second kappa shape index (κ2) is 5.49. The molecule has 0 spiro atoms. The van der Waals surface area contributed by atoms with Gasteiger partial charge >= 0.3 is 6.36 Å². The summed E-state index contributed by atoms with van der Waals surface area (Å²) in [5.41, 5.74) is 6.47. The van der Waals surface area contributed by atoms with Crippen LogP contribution in [0.4, 0.5) is 13.2 Å². The highest BCUT2D eigenvalue weighted by atomic mass is 19.4. The molecule has 2 N–H and O–H groups in total. The first-order chi connectivity index (χ1) is 9.39. The molecule has 0 aliphatic rings. The van der Waals surface area contributed by atoms with Gasteiger partial charge in [-0.25, -0.2) is 0 Å². The third-order valence-corrected chi connectivity index (χ3v) is 2.54. The van der Waals surface area contributed by atoms with Crippen LogP contribution < -0.4 is 10.5 Å². The fraction of sp³-hybridized carbons (Fsp3) is 0.333. The van der Waals surface area contributed by atoms with Gasteiger partial charge in [0.05, 0.1) is 6.04 Å². The minimum atomic E-state index is -4.71. The van der Waals surface area contributed by atoms with Gasteiger partial charge in [-0.05, 0) is 17.7 Å². The fourth-order valence-corrected chi connectivity index (χ4v) is 1.56. The minimum absolute atomic E-state index is 0.284. The Morgan fingerprint density at radius 3 is 2.45 bits per heavy atom. The number of hydrogen-bond donors (Lipinski definition) is 1. The maximum absolute atomic E-state index is 12.0. The first-order valence-corrected chi connectivity index (χ1v) is 5.83. The summed E-state index contributed by atoms with van der Waals surface area (Å²) in [6.07, 6.45) is -4.13. The highest BCUT2D eigenvalue weighted by molar-refractivity contribution is 5.31. The van der Waals surface area contributed by atoms with Gasteiger partial charge in [0.25, 0.3) is 0 Å². The molecule has 0 amide bonds. The van der Waals surface area contributed by atoms with Crippen molar-refractivity contribution in [2.45, 2.75) is 25.7 Å². The molecular weight excluding hydrogens is 275 g/mol. The Bertz CT molecular complexity index is 566. The number of benzene rings is 1. The molecule has 1 unspecified atom stereocenters. The molecule has 8 heteroatoms. The molecule has 5 nitrogen and oxygen atoms in total. The van der Waals surface area contributed by atoms with E-state index in [2.05, 4.69) is 14.9 Å². The molecular formula is C12H12F3N3O2. The van der Waals surface area contributed by atoms with Crippen molar-refractivity contribution in [3.8, 4) is 5.75 Å². The Balaban J connectivity index is 2.13. The average Bonchev–Trinajstić information content (AvgIpc) is 2.85. The van der Waals surface area contributed by atoms with Gasteiger partial charge in [-0.2, -0.15) is 4.98 Å². The van der Waals surface area contributed by atoms with Gasteiger partial charge in [-0.3, -0.25) is 0 Å². The minimum Gasteiger partial charge on any atom is -0.406 e. The van der Waals surface area contributed by atoms with E-state index in [4.69, 9.17) is 10.3 Å². The second-order valence-electron chi connectivity index (χ2n) is 3.99. The van der Waals surface area contributed by atoms with Crippen LogP contribution in [0.2, 0.25) is 0 Å². The van der Waals surface area contributed by atoms with Crippen molar-refractivity contribution in [1.29, 1.82) is 0 Å². The molecule has 1 aromatic carbocycles. The molecule has 0 fully saturated rings. The normalized spacial score (nSPS) is 13.2. The van der Waals surface area contributed by atoms with Crippen LogP contribution in [0.3, 0.4) is 0 Å². The van der Waals surface area contributed by atoms with Gasteiger partial charge < -0.3 is 15.0 Å². The lowest BCUT2D eigenvalue weighted by atomic mass is 10.1. The molecule has 0 aliphatic heterocycles. The maximum atomic E-state index is 12.0. The van der Waals surface area contributed by atoms with Gasteiger partial charge in [0.1, 0.15) is 5.75 Å². The molecule has 0 radical (unpaired) electrons. The summed E-state index contributed by atoms with van der Waals surface area (Å²) in [7, 11) is 0. The van der Waals surface area contributed by atoms with Crippen LogP contribution in [0.15, 0.2) is 28.8 Å². The number of ether oxygens (including phenoxy) is 1. The van der Waals surface area contributed by atoms with E-state index in [1.165, 1.54) is 24.3 Å². The van der Waals surface area contributed by atoms with Gasteiger partial charge in [0.2, 0.25) is 5.89 Å². The number of aryl methyl sites for hydroxylation is 1. The summed E-state index contributed by atoms with van der Waals surface area (Å²) in [5.74, 6) is 0.426. The van der Waals surface area contributed by atoms with E-state index in [1.807, 2.05) is 6.92 Å². The molecule has 20 heavy (non-hydrogen) atoms. The molecule has 2 aromatic rings. The standard InChI is InChI=1S/C12H12F3N3O2/c1-2-9-17-11(18-20-9)10(16)7-3-5-8(6-4-7)19-12(13,14)15/h3-6,10H,2,16H2,1H3. The van der Waals surface area contributed by atoms with Crippen molar-refractivity contribution >= 4 is 0 Å². The van der Waals surface area contributed by atoms with Gasteiger partial charge in [-0.15, -0.1) is 13.2 Å². The lowest BCUT2D eigenvalue weighted by Crippen LogP contribution is -2.17. The van der Waals surface area contributed by atoms with E-state index in [9.17, 15) is 13.2 Å². The van der Waals surface area contributed by atoms with Crippen molar-refractivity contribution in [1.82, 2.24) is 10.1 Å². The molecule has 1 aromatic heterocycles. The van der Waals surface area contributed by atoms with E-state index in [-0.39, 0.29) is 11.6 Å². The molecule has 1 heterocycles. The lowest BCUT2D eigenvalue weighted by molar-refractivity contribution is -0.274. The summed E-state index contributed by atoms with van der Waals surface area (Å²) >= 11 is 0. The quantitative estimate of drug-likeness (QED) is 0.935. The smallest absolute Gasteiger partial charge is 0.406 e. The summed E-state index contributed by atoms with van der Waals surface area (Å²) in [4.78, 5) is 4.07. The van der Waals surface area contributed by atoms with Crippen molar-refractivity contribution < 1.29 is 22.4 Å². The van der Waals surface area contributed by atoms with Crippen LogP contribution in [0.25, 0.3) is 0 Å². The third kappa shape index (κ3) is 3.47. The average molecular weight is 287 g/mol. The number of aromatic nitrogens is 2. The Hall–Kier alpha value is -2.09. The summed E-state index contributed by atoms with van der Waals surface area (Å²) in [6.45, 7) is 1.85. The largest absolute Gasteiger partial charge is 0.573 e. The zero-order valence-corrected chi connectivity index (χ0v) is 10.5. The Morgan fingerprint density at radius 1 is 1.30 bits per heavy atom. The van der Waals surface area contributed by atoms with Crippen molar-refractivity contribution in [2.75, 3.05) is 0 Å². The van der Waals surface area contributed by atoms with Gasteiger partial charge in [0, 0.05) is 6.42 Å². The highest BCUT2D eigenvalue weighted by Crippen LogP contribution is 2.25. The molecule has 0 aliphatic carbocycles. The van der Waals surface area contributed by atoms with E-state index < -0.39 is 12.4 Å².